The molecule has 1 aromatic carbocycles. The van der Waals surface area contributed by atoms with Crippen LogP contribution in [-0.4, -0.2) is 4.98 Å². The van der Waals surface area contributed by atoms with E-state index < -0.39 is 0 Å². The topological polar surface area (TPSA) is 12.9 Å². The highest BCUT2D eigenvalue weighted by atomic mass is 35.5. The molecule has 0 amide bonds. The van der Waals surface area contributed by atoms with Gasteiger partial charge in [-0.15, -0.1) is 34.3 Å². The Kier molecular flexibility index (Phi) is 3.69. The summed E-state index contributed by atoms with van der Waals surface area (Å²) < 4.78 is 0. The van der Waals surface area contributed by atoms with Crippen molar-refractivity contribution in [2.45, 2.75) is 12.8 Å². The van der Waals surface area contributed by atoms with Crippen molar-refractivity contribution in [2.75, 3.05) is 0 Å². The molecule has 2 aromatic heterocycles. The van der Waals surface area contributed by atoms with Crippen LogP contribution in [0.15, 0.2) is 41.8 Å². The molecule has 0 saturated carbocycles. The number of rotatable bonds is 3. The molecule has 3 rings (SSSR count). The highest BCUT2D eigenvalue weighted by molar-refractivity contribution is 7.21. The molecule has 0 aliphatic carbocycles. The molecule has 0 saturated heterocycles. The fraction of sp³-hybridized carbons (Fsp3) is 0.133. The highest BCUT2D eigenvalue weighted by Gasteiger charge is 2.14. The number of halogens is 1. The molecule has 0 N–H and O–H groups in total. The molecule has 0 bridgehead atoms. The van der Waals surface area contributed by atoms with Crippen molar-refractivity contribution < 1.29 is 0 Å². The molecular formula is C15H12ClNS2. The van der Waals surface area contributed by atoms with Crippen LogP contribution in [-0.2, 0) is 5.88 Å². The first-order valence-corrected chi connectivity index (χ1v) is 8.17. The number of alkyl halides is 1. The number of hydrogen-bond donors (Lipinski definition) is 0. The van der Waals surface area contributed by atoms with E-state index in [-0.39, 0.29) is 0 Å². The number of hydrogen-bond acceptors (Lipinski definition) is 3. The summed E-state index contributed by atoms with van der Waals surface area (Å²) in [7, 11) is 0. The largest absolute Gasteiger partial charge is 0.235 e. The Balaban J connectivity index is 2.08. The van der Waals surface area contributed by atoms with E-state index in [2.05, 4.69) is 42.6 Å². The third-order valence-electron chi connectivity index (χ3n) is 2.88. The van der Waals surface area contributed by atoms with Crippen LogP contribution in [0.4, 0.5) is 0 Å². The predicted molar refractivity (Wildman–Crippen MR) is 85.2 cm³/mol. The summed E-state index contributed by atoms with van der Waals surface area (Å²) in [6.07, 6.45) is 0. The van der Waals surface area contributed by atoms with Gasteiger partial charge in [0.1, 0.15) is 5.01 Å². The Morgan fingerprint density at radius 2 is 1.95 bits per heavy atom. The van der Waals surface area contributed by atoms with Crippen molar-refractivity contribution in [3.05, 3.63) is 52.2 Å². The summed E-state index contributed by atoms with van der Waals surface area (Å²) >= 11 is 9.46. The van der Waals surface area contributed by atoms with Crippen LogP contribution in [0.3, 0.4) is 0 Å². The Hall–Kier alpha value is -1.16. The Labute approximate surface area is 125 Å². The fourth-order valence-corrected chi connectivity index (χ4v) is 3.91. The predicted octanol–water partition coefficient (Wildman–Crippen LogP) is 5.59. The first kappa shape index (κ1) is 12.9. The van der Waals surface area contributed by atoms with Gasteiger partial charge in [-0.05, 0) is 18.4 Å². The minimum Gasteiger partial charge on any atom is -0.235 e. The van der Waals surface area contributed by atoms with Crippen LogP contribution in [0.1, 0.15) is 10.4 Å². The van der Waals surface area contributed by atoms with E-state index in [1.54, 1.807) is 22.7 Å². The monoisotopic (exact) mass is 305 g/mol. The molecule has 2 heterocycles. The SMILES string of the molecule is Cc1ccc(-c2nc(-c3cccs3)sc2CCl)cc1. The molecule has 0 aliphatic heterocycles. The summed E-state index contributed by atoms with van der Waals surface area (Å²) in [6, 6.07) is 12.6. The number of thiazole rings is 1. The second-order valence-electron chi connectivity index (χ2n) is 4.27. The van der Waals surface area contributed by atoms with Gasteiger partial charge in [0.15, 0.2) is 0 Å². The van der Waals surface area contributed by atoms with E-state index >= 15 is 0 Å². The lowest BCUT2D eigenvalue weighted by Crippen LogP contribution is -1.83. The van der Waals surface area contributed by atoms with Gasteiger partial charge in [-0.25, -0.2) is 4.98 Å². The van der Waals surface area contributed by atoms with Gasteiger partial charge in [-0.1, -0.05) is 35.9 Å². The van der Waals surface area contributed by atoms with E-state index in [9.17, 15) is 0 Å². The molecular weight excluding hydrogens is 294 g/mol. The number of aromatic nitrogens is 1. The van der Waals surface area contributed by atoms with E-state index in [0.29, 0.717) is 5.88 Å². The van der Waals surface area contributed by atoms with Crippen molar-refractivity contribution >= 4 is 34.3 Å². The molecule has 96 valence electrons. The standard InChI is InChI=1S/C15H12ClNS2/c1-10-4-6-11(7-5-10)14-13(9-16)19-15(17-14)12-3-2-8-18-12/h2-8H,9H2,1H3. The minimum atomic E-state index is 0.506. The van der Waals surface area contributed by atoms with Gasteiger partial charge >= 0.3 is 0 Å². The maximum Gasteiger partial charge on any atom is 0.134 e. The maximum absolute atomic E-state index is 6.06. The second-order valence-corrected chi connectivity index (χ2v) is 6.57. The van der Waals surface area contributed by atoms with Crippen molar-refractivity contribution in [1.29, 1.82) is 0 Å². The molecule has 3 aromatic rings. The number of nitrogens with zero attached hydrogens (tertiary/aromatic N) is 1. The van der Waals surface area contributed by atoms with Gasteiger partial charge in [-0.2, -0.15) is 0 Å². The van der Waals surface area contributed by atoms with Crippen LogP contribution in [0.2, 0.25) is 0 Å². The Bertz CT molecular complexity index is 669. The van der Waals surface area contributed by atoms with Crippen molar-refractivity contribution in [3.8, 4) is 21.1 Å². The van der Waals surface area contributed by atoms with E-state index in [0.717, 1.165) is 21.1 Å². The zero-order valence-electron chi connectivity index (χ0n) is 10.4. The number of benzene rings is 1. The first-order chi connectivity index (χ1) is 9.28. The lowest BCUT2D eigenvalue weighted by Gasteiger charge is -2.00. The zero-order valence-corrected chi connectivity index (χ0v) is 12.8. The summed E-state index contributed by atoms with van der Waals surface area (Å²) in [5, 5.41) is 3.13. The molecule has 0 spiro atoms. The van der Waals surface area contributed by atoms with Crippen molar-refractivity contribution in [1.82, 2.24) is 4.98 Å². The van der Waals surface area contributed by atoms with Crippen molar-refractivity contribution in [3.63, 3.8) is 0 Å². The smallest absolute Gasteiger partial charge is 0.134 e. The van der Waals surface area contributed by atoms with Gasteiger partial charge in [0.2, 0.25) is 0 Å². The molecule has 19 heavy (non-hydrogen) atoms. The molecule has 0 radical (unpaired) electrons. The van der Waals surface area contributed by atoms with E-state index in [1.165, 1.54) is 10.4 Å². The van der Waals surface area contributed by atoms with Crippen molar-refractivity contribution in [2.24, 2.45) is 0 Å². The van der Waals surface area contributed by atoms with Crippen LogP contribution < -0.4 is 0 Å². The summed E-state index contributed by atoms with van der Waals surface area (Å²) in [4.78, 5) is 7.10. The average molecular weight is 306 g/mol. The maximum atomic E-state index is 6.06. The van der Waals surface area contributed by atoms with Crippen LogP contribution in [0.5, 0.6) is 0 Å². The Morgan fingerprint density at radius 1 is 1.16 bits per heavy atom. The van der Waals surface area contributed by atoms with E-state index in [1.807, 2.05) is 6.07 Å². The average Bonchev–Trinajstić information content (AvgIpc) is 3.08. The molecule has 1 nitrogen and oxygen atoms in total. The van der Waals surface area contributed by atoms with Gasteiger partial charge in [0.25, 0.3) is 0 Å². The molecule has 0 aliphatic rings. The van der Waals surface area contributed by atoms with E-state index in [4.69, 9.17) is 16.6 Å². The summed E-state index contributed by atoms with van der Waals surface area (Å²) in [5.74, 6) is 0.506. The van der Waals surface area contributed by atoms with Gasteiger partial charge in [0, 0.05) is 10.4 Å². The molecule has 0 fully saturated rings. The van der Waals surface area contributed by atoms with Gasteiger partial charge < -0.3 is 0 Å². The lowest BCUT2D eigenvalue weighted by atomic mass is 10.1. The van der Waals surface area contributed by atoms with Crippen LogP contribution >= 0.6 is 34.3 Å². The number of thiophene rings is 1. The quantitative estimate of drug-likeness (QED) is 0.575. The second kappa shape index (κ2) is 5.45. The fourth-order valence-electron chi connectivity index (χ4n) is 1.88. The molecule has 0 atom stereocenters. The lowest BCUT2D eigenvalue weighted by molar-refractivity contribution is 1.35. The third-order valence-corrected chi connectivity index (χ3v) is 5.40. The summed E-state index contributed by atoms with van der Waals surface area (Å²) in [5.41, 5.74) is 3.41. The normalized spacial score (nSPS) is 10.8. The third kappa shape index (κ3) is 2.59. The van der Waals surface area contributed by atoms with Crippen LogP contribution in [0, 0.1) is 6.92 Å². The number of aryl methyl sites for hydroxylation is 1. The molecule has 4 heteroatoms. The first-order valence-electron chi connectivity index (χ1n) is 5.94. The summed E-state index contributed by atoms with van der Waals surface area (Å²) in [6.45, 7) is 2.09. The van der Waals surface area contributed by atoms with Crippen LogP contribution in [0.25, 0.3) is 21.1 Å². The molecule has 0 unspecified atom stereocenters. The highest BCUT2D eigenvalue weighted by Crippen LogP contribution is 2.36. The van der Waals surface area contributed by atoms with Gasteiger partial charge in [0.05, 0.1) is 16.5 Å². The zero-order chi connectivity index (χ0) is 13.2. The Morgan fingerprint density at radius 3 is 2.58 bits per heavy atom. The van der Waals surface area contributed by atoms with Gasteiger partial charge in [-0.3, -0.25) is 0 Å². The minimum absolute atomic E-state index is 0.506.